The minimum Gasteiger partial charge on any atom is -0.497 e. The number of methoxy groups -OCH3 is 1. The van der Waals surface area contributed by atoms with Gasteiger partial charge in [-0.25, -0.2) is 0 Å². The van der Waals surface area contributed by atoms with Crippen LogP contribution < -0.4 is 19.3 Å². The van der Waals surface area contributed by atoms with E-state index in [2.05, 4.69) is 20.8 Å². The van der Waals surface area contributed by atoms with Crippen molar-refractivity contribution >= 4 is 34.8 Å². The first-order valence-corrected chi connectivity index (χ1v) is 19.9. The Hall–Kier alpha value is -5.97. The quantitative estimate of drug-likeness (QED) is 0.140. The molecule has 8 rings (SSSR count). The molecular formula is C48H49N3O7. The molecule has 3 aliphatic heterocycles. The second-order valence-electron chi connectivity index (χ2n) is 15.9. The number of nitrogens with zero attached hydrogens (tertiary/aromatic N) is 3. The molecular weight excluding hydrogens is 731 g/mol. The molecule has 0 saturated carbocycles. The smallest absolute Gasteiger partial charge is 0.269 e. The van der Waals surface area contributed by atoms with Gasteiger partial charge in [0.1, 0.15) is 11.5 Å². The molecule has 5 aromatic carbocycles. The predicted octanol–water partition coefficient (Wildman–Crippen LogP) is 7.53. The average molecular weight is 780 g/mol. The number of para-hydroxylation sites is 3. The largest absolute Gasteiger partial charge is 0.497 e. The van der Waals surface area contributed by atoms with Crippen molar-refractivity contribution in [2.75, 3.05) is 36.7 Å². The molecule has 1 spiro atoms. The van der Waals surface area contributed by atoms with E-state index < -0.39 is 17.1 Å². The third kappa shape index (κ3) is 6.80. The lowest BCUT2D eigenvalue weighted by molar-refractivity contribution is -0.150. The van der Waals surface area contributed by atoms with Gasteiger partial charge in [0.15, 0.2) is 12.2 Å². The average Bonchev–Trinajstić information content (AvgIpc) is 3.67. The minimum atomic E-state index is -1.36. The van der Waals surface area contributed by atoms with Gasteiger partial charge in [0, 0.05) is 36.2 Å². The van der Waals surface area contributed by atoms with Crippen molar-refractivity contribution in [2.24, 2.45) is 11.8 Å². The second kappa shape index (κ2) is 15.8. The van der Waals surface area contributed by atoms with E-state index in [0.29, 0.717) is 23.7 Å². The fourth-order valence-corrected chi connectivity index (χ4v) is 9.46. The molecule has 298 valence electrons. The molecule has 1 N–H and O–H groups in total. The van der Waals surface area contributed by atoms with Crippen LogP contribution in [0.15, 0.2) is 127 Å². The third-order valence-corrected chi connectivity index (χ3v) is 12.3. The van der Waals surface area contributed by atoms with E-state index >= 15 is 4.79 Å². The van der Waals surface area contributed by atoms with Crippen molar-refractivity contribution in [1.82, 2.24) is 4.90 Å². The lowest BCUT2D eigenvalue weighted by atomic mass is 9.63. The number of hydrogen-bond acceptors (Lipinski definition) is 7. The van der Waals surface area contributed by atoms with E-state index in [4.69, 9.17) is 14.2 Å². The Labute approximate surface area is 339 Å². The molecule has 5 aromatic rings. The van der Waals surface area contributed by atoms with Crippen molar-refractivity contribution in [3.63, 3.8) is 0 Å². The van der Waals surface area contributed by atoms with Crippen molar-refractivity contribution in [2.45, 2.75) is 57.4 Å². The summed E-state index contributed by atoms with van der Waals surface area (Å²) in [7, 11) is 1.64. The van der Waals surface area contributed by atoms with Crippen LogP contribution in [0.25, 0.3) is 0 Å². The maximum Gasteiger partial charge on any atom is 0.269 e. The highest BCUT2D eigenvalue weighted by atomic mass is 16.5. The Bertz CT molecular complexity index is 2290. The zero-order valence-corrected chi connectivity index (χ0v) is 33.3. The maximum absolute atomic E-state index is 15.3. The van der Waals surface area contributed by atoms with Crippen LogP contribution in [-0.2, 0) is 43.2 Å². The molecule has 4 atom stereocenters. The van der Waals surface area contributed by atoms with Crippen LogP contribution in [0.1, 0.15) is 49.4 Å². The summed E-state index contributed by atoms with van der Waals surface area (Å²) in [5, 5.41) is 10.0. The highest BCUT2D eigenvalue weighted by Crippen LogP contribution is 2.60. The van der Waals surface area contributed by atoms with E-state index in [-0.39, 0.29) is 62.3 Å². The van der Waals surface area contributed by atoms with E-state index in [0.717, 1.165) is 33.7 Å². The second-order valence-corrected chi connectivity index (χ2v) is 15.9. The fraction of sp³-hybridized carbons (Fsp3) is 0.312. The normalized spacial score (nSPS) is 21.2. The van der Waals surface area contributed by atoms with Crippen molar-refractivity contribution in [3.8, 4) is 11.5 Å². The number of aliphatic hydroxyl groups is 1. The molecule has 3 heterocycles. The molecule has 1 fully saturated rings. The molecule has 10 heteroatoms. The molecule has 10 nitrogen and oxygen atoms in total. The van der Waals surface area contributed by atoms with Gasteiger partial charge >= 0.3 is 0 Å². The minimum absolute atomic E-state index is 0.0312. The van der Waals surface area contributed by atoms with Crippen LogP contribution in [0.2, 0.25) is 0 Å². The van der Waals surface area contributed by atoms with Gasteiger partial charge in [-0.15, -0.1) is 0 Å². The monoisotopic (exact) mass is 779 g/mol. The first-order valence-electron chi connectivity index (χ1n) is 19.9. The maximum atomic E-state index is 15.3. The number of fused-ring (bicyclic) bond motifs is 3. The number of aliphatic hydroxyl groups excluding tert-OH is 1. The summed E-state index contributed by atoms with van der Waals surface area (Å²) in [4.78, 5) is 47.8. The third-order valence-electron chi connectivity index (χ3n) is 12.3. The van der Waals surface area contributed by atoms with Gasteiger partial charge in [-0.1, -0.05) is 106 Å². The van der Waals surface area contributed by atoms with Gasteiger partial charge in [-0.05, 0) is 64.6 Å². The number of anilines is 3. The first kappa shape index (κ1) is 38.9. The van der Waals surface area contributed by atoms with Crippen LogP contribution in [0, 0.1) is 11.8 Å². The summed E-state index contributed by atoms with van der Waals surface area (Å²) in [6.07, 6.45) is -0.606. The van der Waals surface area contributed by atoms with Gasteiger partial charge in [-0.3, -0.25) is 19.3 Å². The highest BCUT2D eigenvalue weighted by Gasteiger charge is 2.66. The molecule has 3 amide bonds. The van der Waals surface area contributed by atoms with Crippen LogP contribution in [0.5, 0.6) is 11.5 Å². The van der Waals surface area contributed by atoms with Gasteiger partial charge in [-0.2, -0.15) is 0 Å². The number of amides is 3. The highest BCUT2D eigenvalue weighted by molar-refractivity contribution is 6.08. The fourth-order valence-electron chi connectivity index (χ4n) is 9.46. The van der Waals surface area contributed by atoms with E-state index in [1.807, 2.05) is 127 Å². The van der Waals surface area contributed by atoms with Crippen molar-refractivity contribution in [1.29, 1.82) is 0 Å². The summed E-state index contributed by atoms with van der Waals surface area (Å²) in [6.45, 7) is 6.98. The topological polar surface area (TPSA) is 109 Å². The molecule has 0 radical (unpaired) electrons. The van der Waals surface area contributed by atoms with Crippen molar-refractivity contribution in [3.05, 3.63) is 150 Å². The van der Waals surface area contributed by atoms with Gasteiger partial charge in [0.2, 0.25) is 5.91 Å². The zero-order chi connectivity index (χ0) is 40.6. The van der Waals surface area contributed by atoms with Gasteiger partial charge in [0.25, 0.3) is 11.8 Å². The zero-order valence-electron chi connectivity index (χ0n) is 33.3. The number of hydrogen-bond donors (Lipinski definition) is 1. The summed E-state index contributed by atoms with van der Waals surface area (Å²) in [5.41, 5.74) is 3.91. The number of rotatable bonds is 12. The molecule has 58 heavy (non-hydrogen) atoms. The Morgan fingerprint density at radius 3 is 2.24 bits per heavy atom. The summed E-state index contributed by atoms with van der Waals surface area (Å²) < 4.78 is 18.3. The Morgan fingerprint density at radius 1 is 0.862 bits per heavy atom. The number of carbonyl (C=O) groups is 3. The predicted molar refractivity (Wildman–Crippen MR) is 222 cm³/mol. The standard InChI is InChI=1S/C48H49N3O7/c1-32-45(47(2,3)35-20-24-37(56-4)25-21-35)42(28-43(53)49(26-27-52)29-33-12-6-5-7-13-33)58-48(32)38-14-8-9-15-39(38)50(46(48)55)30-34-18-22-36(23-19-34)51-40-16-10-11-17-41(40)57-31-44(51)54/h5-25,32,42,45,52H,26-31H2,1-4H3/t32-,42+,45-,48+/m0/s1. The van der Waals surface area contributed by atoms with E-state index in [1.54, 1.807) is 21.8 Å². The molecule has 0 aliphatic carbocycles. The SMILES string of the molecule is COc1ccc(C(C)(C)[C@@H]2[C@@H](CC(=O)N(CCO)Cc3ccccc3)O[C@]3(C(=O)N(Cc4ccc(N5C(=O)COc6ccccc65)cc4)c4ccccc43)[C@H]2C)cc1. The molecule has 0 aromatic heterocycles. The Kier molecular flexibility index (Phi) is 10.6. The number of benzene rings is 5. The number of ether oxygens (including phenoxy) is 3. The number of carbonyl (C=O) groups excluding carboxylic acids is 3. The summed E-state index contributed by atoms with van der Waals surface area (Å²) in [5.74, 6) is 0.267. The van der Waals surface area contributed by atoms with Crippen LogP contribution in [0.3, 0.4) is 0 Å². The van der Waals surface area contributed by atoms with E-state index in [1.165, 1.54) is 0 Å². The van der Waals surface area contributed by atoms with Gasteiger partial charge in [0.05, 0.1) is 44.2 Å². The molecule has 1 saturated heterocycles. The van der Waals surface area contributed by atoms with Crippen molar-refractivity contribution < 1.29 is 33.7 Å². The van der Waals surface area contributed by atoms with Crippen LogP contribution in [0.4, 0.5) is 17.1 Å². The molecule has 0 bridgehead atoms. The summed E-state index contributed by atoms with van der Waals surface area (Å²) in [6, 6.07) is 40.6. The molecule has 0 unspecified atom stereocenters. The van der Waals surface area contributed by atoms with Crippen LogP contribution >= 0.6 is 0 Å². The summed E-state index contributed by atoms with van der Waals surface area (Å²) >= 11 is 0. The molecule has 3 aliphatic rings. The van der Waals surface area contributed by atoms with Gasteiger partial charge < -0.3 is 29.1 Å². The Morgan fingerprint density at radius 2 is 1.53 bits per heavy atom. The van der Waals surface area contributed by atoms with E-state index in [9.17, 15) is 14.7 Å². The lowest BCUT2D eigenvalue weighted by Crippen LogP contribution is -2.45. The Balaban J connectivity index is 1.13. The van der Waals surface area contributed by atoms with Crippen LogP contribution in [-0.4, -0.2) is 60.7 Å². The first-order chi connectivity index (χ1) is 28.1. The lowest BCUT2D eigenvalue weighted by Gasteiger charge is -2.39.